The molecule has 9 heteroatoms. The molecule has 0 unspecified atom stereocenters. The lowest BCUT2D eigenvalue weighted by molar-refractivity contribution is -0.384. The van der Waals surface area contributed by atoms with Crippen LogP contribution in [0.1, 0.15) is 26.3 Å². The predicted molar refractivity (Wildman–Crippen MR) is 109 cm³/mol. The topological polar surface area (TPSA) is 108 Å². The predicted octanol–water partition coefficient (Wildman–Crippen LogP) is 3.91. The number of nitro benzene ring substituents is 1. The maximum atomic E-state index is 12.5. The highest BCUT2D eigenvalue weighted by Gasteiger charge is 2.26. The van der Waals surface area contributed by atoms with Crippen molar-refractivity contribution in [3.63, 3.8) is 0 Å². The fourth-order valence-corrected chi connectivity index (χ4v) is 2.91. The first kappa shape index (κ1) is 23.6. The first-order valence-corrected chi connectivity index (χ1v) is 12.9. The molecule has 1 aromatic carbocycles. The van der Waals surface area contributed by atoms with E-state index in [2.05, 4.69) is 25.0 Å². The number of rotatable bonds is 8. The Morgan fingerprint density at radius 1 is 1.18 bits per heavy atom. The molecule has 0 saturated heterocycles. The first-order valence-electron chi connectivity index (χ1n) is 9.16. The van der Waals surface area contributed by atoms with Crippen LogP contribution in [0.3, 0.4) is 0 Å². The van der Waals surface area contributed by atoms with Gasteiger partial charge in [-0.1, -0.05) is 31.8 Å². The van der Waals surface area contributed by atoms with Crippen molar-refractivity contribution in [2.45, 2.75) is 64.5 Å². The average Bonchev–Trinajstić information content (AvgIpc) is 2.51. The third kappa shape index (κ3) is 9.49. The van der Waals surface area contributed by atoms with Gasteiger partial charge in [-0.05, 0) is 32.4 Å². The summed E-state index contributed by atoms with van der Waals surface area (Å²) in [4.78, 5) is 34.9. The van der Waals surface area contributed by atoms with Crippen molar-refractivity contribution in [3.05, 3.63) is 39.9 Å². The zero-order valence-electron chi connectivity index (χ0n) is 17.4. The van der Waals surface area contributed by atoms with E-state index >= 15 is 0 Å². The third-order valence-electron chi connectivity index (χ3n) is 3.66. The quantitative estimate of drug-likeness (QED) is 0.301. The van der Waals surface area contributed by atoms with Crippen molar-refractivity contribution < 1.29 is 24.0 Å². The monoisotopic (exact) mass is 410 g/mol. The molecule has 0 saturated carbocycles. The number of non-ortho nitro benzene ring substituents is 1. The summed E-state index contributed by atoms with van der Waals surface area (Å²) in [6.45, 7) is 12.0. The molecule has 1 rings (SSSR count). The summed E-state index contributed by atoms with van der Waals surface area (Å²) in [5, 5.41) is 13.3. The number of nitro groups is 1. The summed E-state index contributed by atoms with van der Waals surface area (Å²) >= 11 is 0. The van der Waals surface area contributed by atoms with Crippen LogP contribution in [0.2, 0.25) is 25.7 Å². The molecule has 28 heavy (non-hydrogen) atoms. The maximum absolute atomic E-state index is 12.5. The largest absolute Gasteiger partial charge is 0.464 e. The number of amides is 1. The van der Waals surface area contributed by atoms with Gasteiger partial charge in [-0.15, -0.1) is 0 Å². The Balaban J connectivity index is 2.85. The summed E-state index contributed by atoms with van der Waals surface area (Å²) in [6, 6.07) is 5.69. The number of hydrogen-bond donors (Lipinski definition) is 1. The lowest BCUT2D eigenvalue weighted by atomic mass is 10.1. The maximum Gasteiger partial charge on any atom is 0.408 e. The fraction of sp³-hybridized carbons (Fsp3) is 0.579. The molecule has 0 aromatic heterocycles. The number of ether oxygens (including phenoxy) is 2. The minimum absolute atomic E-state index is 0.0434. The van der Waals surface area contributed by atoms with Crippen LogP contribution in [0, 0.1) is 10.1 Å². The molecular weight excluding hydrogens is 380 g/mol. The number of nitrogens with zero attached hydrogens (tertiary/aromatic N) is 1. The van der Waals surface area contributed by atoms with E-state index in [4.69, 9.17) is 9.47 Å². The van der Waals surface area contributed by atoms with Gasteiger partial charge >= 0.3 is 12.1 Å². The Morgan fingerprint density at radius 2 is 1.75 bits per heavy atom. The number of nitrogens with one attached hydrogen (secondary N) is 1. The van der Waals surface area contributed by atoms with E-state index in [1.807, 2.05) is 0 Å². The van der Waals surface area contributed by atoms with Crippen LogP contribution >= 0.6 is 0 Å². The fourth-order valence-electron chi connectivity index (χ4n) is 2.19. The van der Waals surface area contributed by atoms with Gasteiger partial charge in [0, 0.05) is 26.6 Å². The van der Waals surface area contributed by atoms with Gasteiger partial charge < -0.3 is 14.8 Å². The molecular formula is C19H30N2O6Si. The van der Waals surface area contributed by atoms with Crippen molar-refractivity contribution in [2.24, 2.45) is 0 Å². The number of benzene rings is 1. The third-order valence-corrected chi connectivity index (χ3v) is 5.36. The molecule has 156 valence electrons. The van der Waals surface area contributed by atoms with Gasteiger partial charge in [-0.3, -0.25) is 10.1 Å². The first-order chi connectivity index (χ1) is 12.8. The zero-order chi connectivity index (χ0) is 21.5. The van der Waals surface area contributed by atoms with Crippen LogP contribution < -0.4 is 5.32 Å². The summed E-state index contributed by atoms with van der Waals surface area (Å²) in [5.74, 6) is -0.553. The summed E-state index contributed by atoms with van der Waals surface area (Å²) in [5.41, 5.74) is -0.0871. The highest BCUT2D eigenvalue weighted by molar-refractivity contribution is 6.76. The molecule has 1 N–H and O–H groups in total. The van der Waals surface area contributed by atoms with Crippen LogP contribution in [0.5, 0.6) is 0 Å². The standard InChI is InChI=1S/C19H30N2O6Si/c1-19(2,3)27-18(23)20-16(17(22)26-11-12-28(4,5)6)13-14-7-9-15(10-8-14)21(24)25/h7-10,16H,11-13H2,1-6H3,(H,20,23)/t16-/m0/s1. The highest BCUT2D eigenvalue weighted by Crippen LogP contribution is 2.15. The molecule has 1 aromatic rings. The Morgan fingerprint density at radius 3 is 2.21 bits per heavy atom. The van der Waals surface area contributed by atoms with E-state index in [0.717, 1.165) is 6.04 Å². The molecule has 1 amide bonds. The smallest absolute Gasteiger partial charge is 0.408 e. The molecule has 0 bridgehead atoms. The number of esters is 1. The summed E-state index contributed by atoms with van der Waals surface area (Å²) in [7, 11) is -1.37. The molecule has 0 aliphatic rings. The minimum atomic E-state index is -1.37. The average molecular weight is 411 g/mol. The van der Waals surface area contributed by atoms with Gasteiger partial charge in [-0.25, -0.2) is 9.59 Å². The van der Waals surface area contributed by atoms with Gasteiger partial charge in [0.05, 0.1) is 11.5 Å². The highest BCUT2D eigenvalue weighted by atomic mass is 28.3. The van der Waals surface area contributed by atoms with Crippen LogP contribution in [-0.4, -0.2) is 43.3 Å². The van der Waals surface area contributed by atoms with E-state index in [0.29, 0.717) is 12.2 Å². The second-order valence-corrected chi connectivity index (χ2v) is 14.4. The summed E-state index contributed by atoms with van der Waals surface area (Å²) < 4.78 is 10.6. The van der Waals surface area contributed by atoms with E-state index in [1.54, 1.807) is 32.9 Å². The molecule has 0 spiro atoms. The lowest BCUT2D eigenvalue weighted by Gasteiger charge is -2.23. The SMILES string of the molecule is CC(C)(C)OC(=O)N[C@@H](Cc1ccc([N+](=O)[O-])cc1)C(=O)OCC[Si](C)(C)C. The van der Waals surface area contributed by atoms with E-state index in [-0.39, 0.29) is 12.1 Å². The van der Waals surface area contributed by atoms with Crippen LogP contribution in [0.25, 0.3) is 0 Å². The number of alkyl carbamates (subject to hydrolysis) is 1. The minimum Gasteiger partial charge on any atom is -0.464 e. The van der Waals surface area contributed by atoms with Gasteiger partial charge in [0.1, 0.15) is 11.6 Å². The van der Waals surface area contributed by atoms with Crippen molar-refractivity contribution >= 4 is 25.8 Å². The summed E-state index contributed by atoms with van der Waals surface area (Å²) in [6.07, 6.45) is -0.579. The van der Waals surface area contributed by atoms with E-state index in [9.17, 15) is 19.7 Å². The Bertz CT molecular complexity index is 692. The van der Waals surface area contributed by atoms with Crippen LogP contribution in [0.15, 0.2) is 24.3 Å². The van der Waals surface area contributed by atoms with Crippen LogP contribution in [-0.2, 0) is 20.7 Å². The van der Waals surface area contributed by atoms with E-state index < -0.39 is 36.7 Å². The van der Waals surface area contributed by atoms with Gasteiger partial charge in [0.15, 0.2) is 0 Å². The normalized spacial score (nSPS) is 12.8. The van der Waals surface area contributed by atoms with Crippen molar-refractivity contribution in [3.8, 4) is 0 Å². The van der Waals surface area contributed by atoms with Gasteiger partial charge in [-0.2, -0.15) is 0 Å². The Kier molecular flexibility index (Phi) is 8.16. The second kappa shape index (κ2) is 9.68. The Hall–Kier alpha value is -2.42. The molecule has 8 nitrogen and oxygen atoms in total. The molecule has 0 fully saturated rings. The zero-order valence-corrected chi connectivity index (χ0v) is 18.4. The number of hydrogen-bond acceptors (Lipinski definition) is 6. The van der Waals surface area contributed by atoms with Crippen LogP contribution in [0.4, 0.5) is 10.5 Å². The van der Waals surface area contributed by atoms with Crippen molar-refractivity contribution in [2.75, 3.05) is 6.61 Å². The molecule has 0 aliphatic carbocycles. The molecule has 0 radical (unpaired) electrons. The number of carbonyl (C=O) groups excluding carboxylic acids is 2. The van der Waals surface area contributed by atoms with Crippen molar-refractivity contribution in [1.82, 2.24) is 5.32 Å². The van der Waals surface area contributed by atoms with Crippen molar-refractivity contribution in [1.29, 1.82) is 0 Å². The lowest BCUT2D eigenvalue weighted by Crippen LogP contribution is -2.45. The Labute approximate surface area is 166 Å². The van der Waals surface area contributed by atoms with Gasteiger partial charge in [0.2, 0.25) is 0 Å². The van der Waals surface area contributed by atoms with Gasteiger partial charge in [0.25, 0.3) is 5.69 Å². The molecule has 1 atom stereocenters. The van der Waals surface area contributed by atoms with E-state index in [1.165, 1.54) is 12.1 Å². The molecule has 0 aliphatic heterocycles. The second-order valence-electron chi connectivity index (χ2n) is 8.80. The molecule has 0 heterocycles. The number of carbonyl (C=O) groups is 2.